The maximum absolute atomic E-state index is 11.1. The van der Waals surface area contributed by atoms with E-state index in [0.717, 1.165) is 0 Å². The quantitative estimate of drug-likeness (QED) is 0.343. The second-order valence-corrected chi connectivity index (χ2v) is 7.68. The van der Waals surface area contributed by atoms with E-state index in [2.05, 4.69) is 35.8 Å². The summed E-state index contributed by atoms with van der Waals surface area (Å²) in [7, 11) is 0. The molecular formula is C27H30N4O4. The van der Waals surface area contributed by atoms with Gasteiger partial charge in [-0.2, -0.15) is 0 Å². The number of para-hydroxylation sites is 2. The van der Waals surface area contributed by atoms with Crippen LogP contribution in [0, 0.1) is 0 Å². The number of aromatic carboxylic acids is 1. The lowest BCUT2D eigenvalue weighted by molar-refractivity contribution is 0.0697. The summed E-state index contributed by atoms with van der Waals surface area (Å²) >= 11 is 0. The van der Waals surface area contributed by atoms with Crippen molar-refractivity contribution in [2.24, 2.45) is 0 Å². The number of aromatic hydroxyl groups is 2. The molecule has 0 spiro atoms. The molecule has 1 heterocycles. The van der Waals surface area contributed by atoms with E-state index in [1.165, 1.54) is 42.5 Å². The van der Waals surface area contributed by atoms with Crippen molar-refractivity contribution in [2.45, 2.75) is 20.8 Å². The van der Waals surface area contributed by atoms with Crippen molar-refractivity contribution in [1.82, 2.24) is 19.7 Å². The van der Waals surface area contributed by atoms with Gasteiger partial charge in [0.25, 0.3) is 0 Å². The van der Waals surface area contributed by atoms with Gasteiger partial charge in [-0.1, -0.05) is 45.0 Å². The monoisotopic (exact) mass is 474 g/mol. The maximum Gasteiger partial charge on any atom is 0.335 e. The molecule has 182 valence electrons. The van der Waals surface area contributed by atoms with Crippen molar-refractivity contribution in [3.8, 4) is 40.0 Å². The third-order valence-electron chi connectivity index (χ3n) is 5.60. The predicted octanol–water partition coefficient (Wildman–Crippen LogP) is 5.06. The first-order valence-electron chi connectivity index (χ1n) is 11.5. The molecule has 4 aromatic rings. The molecule has 0 amide bonds. The van der Waals surface area contributed by atoms with Crippen LogP contribution in [0.1, 0.15) is 31.1 Å². The van der Waals surface area contributed by atoms with Crippen molar-refractivity contribution in [3.05, 3.63) is 78.4 Å². The van der Waals surface area contributed by atoms with Crippen molar-refractivity contribution in [3.63, 3.8) is 0 Å². The highest BCUT2D eigenvalue weighted by atomic mass is 16.4. The summed E-state index contributed by atoms with van der Waals surface area (Å²) in [5, 5.41) is 34.0. The van der Waals surface area contributed by atoms with Gasteiger partial charge in [-0.3, -0.25) is 0 Å². The van der Waals surface area contributed by atoms with Crippen LogP contribution in [-0.2, 0) is 0 Å². The fourth-order valence-electron chi connectivity index (χ4n) is 3.52. The molecule has 0 saturated carbocycles. The van der Waals surface area contributed by atoms with E-state index in [9.17, 15) is 15.0 Å². The number of benzene rings is 3. The lowest BCUT2D eigenvalue weighted by Gasteiger charge is -2.13. The zero-order valence-electron chi connectivity index (χ0n) is 20.1. The maximum atomic E-state index is 11.1. The Morgan fingerprint density at radius 2 is 1.31 bits per heavy atom. The summed E-state index contributed by atoms with van der Waals surface area (Å²) in [4.78, 5) is 18.0. The van der Waals surface area contributed by atoms with Gasteiger partial charge >= 0.3 is 5.97 Å². The Morgan fingerprint density at radius 1 is 0.800 bits per heavy atom. The van der Waals surface area contributed by atoms with E-state index >= 15 is 0 Å². The fraction of sp³-hybridized carbons (Fsp3) is 0.222. The van der Waals surface area contributed by atoms with Gasteiger partial charge < -0.3 is 20.2 Å². The minimum atomic E-state index is -1.03. The van der Waals surface area contributed by atoms with Crippen LogP contribution in [-0.4, -0.2) is 60.6 Å². The van der Waals surface area contributed by atoms with E-state index in [1.54, 1.807) is 54.6 Å². The highest BCUT2D eigenvalue weighted by Crippen LogP contribution is 2.33. The van der Waals surface area contributed by atoms with E-state index in [0.29, 0.717) is 22.6 Å². The molecular weight excluding hydrogens is 444 g/mol. The number of phenolic OH excluding ortho intramolecular Hbond substituents is 2. The summed E-state index contributed by atoms with van der Waals surface area (Å²) < 4.78 is 1.50. The van der Waals surface area contributed by atoms with Gasteiger partial charge in [0.2, 0.25) is 0 Å². The molecule has 0 unspecified atom stereocenters. The van der Waals surface area contributed by atoms with Crippen LogP contribution in [0.3, 0.4) is 0 Å². The first-order valence-corrected chi connectivity index (χ1v) is 11.5. The summed E-state index contributed by atoms with van der Waals surface area (Å²) in [6.07, 6.45) is 0. The number of hydrogen-bond acceptors (Lipinski definition) is 6. The largest absolute Gasteiger partial charge is 0.507 e. The molecule has 0 aliphatic heterocycles. The first-order chi connectivity index (χ1) is 16.9. The molecule has 0 fully saturated rings. The lowest BCUT2D eigenvalue weighted by Crippen LogP contribution is -2.21. The Balaban J connectivity index is 0.000000429. The third-order valence-corrected chi connectivity index (χ3v) is 5.60. The number of carbonyl (C=O) groups is 1. The standard InChI is InChI=1S/C21H15N3O4.C6H15N/c25-17-7-3-1-5-15(17)19-22-20(16-6-2-4-8-18(16)26)24(23-19)14-11-9-13(10-12-14)21(27)28;1-4-7(5-2)6-3/h1-12,25-26H,(H,27,28);4-6H2,1-3H3. The molecule has 35 heavy (non-hydrogen) atoms. The van der Waals surface area contributed by atoms with Crippen LogP contribution in [0.15, 0.2) is 72.8 Å². The third kappa shape index (κ3) is 6.04. The Kier molecular flexibility index (Phi) is 8.58. The summed E-state index contributed by atoms with van der Waals surface area (Å²) in [6, 6.07) is 19.5. The van der Waals surface area contributed by atoms with Crippen molar-refractivity contribution in [1.29, 1.82) is 0 Å². The van der Waals surface area contributed by atoms with Crippen LogP contribution >= 0.6 is 0 Å². The number of carboxylic acids is 1. The second-order valence-electron chi connectivity index (χ2n) is 7.68. The molecule has 3 N–H and O–H groups in total. The van der Waals surface area contributed by atoms with E-state index in [-0.39, 0.29) is 22.9 Å². The smallest absolute Gasteiger partial charge is 0.335 e. The molecule has 4 rings (SSSR count). The Bertz CT molecular complexity index is 1260. The molecule has 0 radical (unpaired) electrons. The number of carboxylic acid groups (broad SMARTS) is 1. The number of aromatic nitrogens is 3. The molecule has 8 nitrogen and oxygen atoms in total. The zero-order chi connectivity index (χ0) is 25.4. The zero-order valence-corrected chi connectivity index (χ0v) is 20.1. The van der Waals surface area contributed by atoms with Gasteiger partial charge in [0.05, 0.1) is 22.4 Å². The van der Waals surface area contributed by atoms with Crippen LogP contribution < -0.4 is 0 Å². The molecule has 0 aliphatic carbocycles. The summed E-state index contributed by atoms with van der Waals surface area (Å²) in [5.74, 6) is -0.328. The van der Waals surface area contributed by atoms with E-state index in [1.807, 2.05) is 0 Å². The van der Waals surface area contributed by atoms with Gasteiger partial charge in [-0.15, -0.1) is 5.10 Å². The topological polar surface area (TPSA) is 112 Å². The first kappa shape index (κ1) is 25.5. The number of hydrogen-bond donors (Lipinski definition) is 3. The van der Waals surface area contributed by atoms with Crippen LogP contribution in [0.4, 0.5) is 0 Å². The average molecular weight is 475 g/mol. The van der Waals surface area contributed by atoms with Gasteiger partial charge in [0.1, 0.15) is 11.5 Å². The lowest BCUT2D eigenvalue weighted by atomic mass is 10.1. The van der Waals surface area contributed by atoms with Crippen molar-refractivity contribution in [2.75, 3.05) is 19.6 Å². The number of nitrogens with zero attached hydrogens (tertiary/aromatic N) is 4. The highest BCUT2D eigenvalue weighted by molar-refractivity contribution is 5.87. The molecule has 0 bridgehead atoms. The van der Waals surface area contributed by atoms with Crippen LogP contribution in [0.2, 0.25) is 0 Å². The highest BCUT2D eigenvalue weighted by Gasteiger charge is 2.19. The molecule has 0 aliphatic rings. The Hall–Kier alpha value is -4.17. The molecule has 0 saturated heterocycles. The second kappa shape index (κ2) is 11.8. The molecule has 8 heteroatoms. The Morgan fingerprint density at radius 3 is 1.77 bits per heavy atom. The fourth-order valence-corrected chi connectivity index (χ4v) is 3.52. The number of phenols is 2. The van der Waals surface area contributed by atoms with Crippen LogP contribution in [0.5, 0.6) is 11.5 Å². The molecule has 1 aromatic heterocycles. The van der Waals surface area contributed by atoms with Crippen molar-refractivity contribution < 1.29 is 20.1 Å². The van der Waals surface area contributed by atoms with Gasteiger partial charge in [-0.05, 0) is 68.2 Å². The molecule has 0 atom stereocenters. The average Bonchev–Trinajstić information content (AvgIpc) is 3.31. The van der Waals surface area contributed by atoms with E-state index in [4.69, 9.17) is 5.11 Å². The minimum absolute atomic E-state index is 0.0298. The van der Waals surface area contributed by atoms with Gasteiger partial charge in [0, 0.05) is 0 Å². The normalized spacial score (nSPS) is 10.6. The van der Waals surface area contributed by atoms with E-state index < -0.39 is 5.97 Å². The summed E-state index contributed by atoms with van der Waals surface area (Å²) in [5.41, 5.74) is 1.62. The Labute approximate surface area is 204 Å². The van der Waals surface area contributed by atoms with Crippen molar-refractivity contribution >= 4 is 5.97 Å². The molecule has 3 aromatic carbocycles. The van der Waals surface area contributed by atoms with Crippen LogP contribution in [0.25, 0.3) is 28.5 Å². The SMILES string of the molecule is CCN(CC)CC.O=C(O)c1ccc(-n2nc(-c3ccccc3O)nc2-c2ccccc2O)cc1. The number of rotatable bonds is 7. The van der Waals surface area contributed by atoms with Gasteiger partial charge in [0.15, 0.2) is 11.6 Å². The van der Waals surface area contributed by atoms with Gasteiger partial charge in [-0.25, -0.2) is 14.5 Å². The minimum Gasteiger partial charge on any atom is -0.507 e. The summed E-state index contributed by atoms with van der Waals surface area (Å²) in [6.45, 7) is 10.1. The predicted molar refractivity (Wildman–Crippen MR) is 136 cm³/mol.